The van der Waals surface area contributed by atoms with Crippen LogP contribution in [0.1, 0.15) is 26.2 Å². The molecule has 5 heteroatoms. The number of carbonyl (C=O) groups is 2. The highest BCUT2D eigenvalue weighted by atomic mass is 16.2. The average molecular weight is 239 g/mol. The van der Waals surface area contributed by atoms with Gasteiger partial charge in [-0.15, -0.1) is 0 Å². The first kappa shape index (κ1) is 12.4. The van der Waals surface area contributed by atoms with Crippen molar-refractivity contribution in [2.45, 2.75) is 26.2 Å². The van der Waals surface area contributed by atoms with Crippen LogP contribution in [-0.2, 0) is 9.59 Å². The third-order valence-corrected chi connectivity index (χ3v) is 3.85. The smallest absolute Gasteiger partial charge is 0.225 e. The maximum Gasteiger partial charge on any atom is 0.225 e. The highest BCUT2D eigenvalue weighted by Crippen LogP contribution is 2.26. The average Bonchev–Trinajstić information content (AvgIpc) is 2.74. The summed E-state index contributed by atoms with van der Waals surface area (Å²) >= 11 is 0. The van der Waals surface area contributed by atoms with Gasteiger partial charge in [0.25, 0.3) is 0 Å². The minimum Gasteiger partial charge on any atom is -0.355 e. The van der Waals surface area contributed by atoms with Crippen LogP contribution in [0.3, 0.4) is 0 Å². The summed E-state index contributed by atoms with van der Waals surface area (Å²) in [4.78, 5) is 22.9. The van der Waals surface area contributed by atoms with Crippen LogP contribution in [-0.4, -0.2) is 38.0 Å². The molecule has 0 spiro atoms. The van der Waals surface area contributed by atoms with E-state index in [0.29, 0.717) is 13.0 Å². The second-order valence-corrected chi connectivity index (χ2v) is 5.48. The van der Waals surface area contributed by atoms with Crippen LogP contribution < -0.4 is 16.0 Å². The van der Waals surface area contributed by atoms with Crippen molar-refractivity contribution in [1.82, 2.24) is 16.0 Å². The Morgan fingerprint density at radius 1 is 1.47 bits per heavy atom. The molecule has 1 atom stereocenters. The van der Waals surface area contributed by atoms with Crippen LogP contribution in [0.2, 0.25) is 0 Å². The number of nitrogens with one attached hydrogen (secondary N) is 3. The summed E-state index contributed by atoms with van der Waals surface area (Å²) in [6, 6.07) is 0. The van der Waals surface area contributed by atoms with Crippen molar-refractivity contribution in [2.24, 2.45) is 11.3 Å². The van der Waals surface area contributed by atoms with Gasteiger partial charge in [0.15, 0.2) is 0 Å². The Hall–Kier alpha value is -1.10. The van der Waals surface area contributed by atoms with E-state index in [4.69, 9.17) is 0 Å². The Morgan fingerprint density at radius 3 is 2.76 bits per heavy atom. The molecule has 2 aliphatic rings. The Morgan fingerprint density at radius 2 is 2.18 bits per heavy atom. The summed E-state index contributed by atoms with van der Waals surface area (Å²) in [5, 5.41) is 9.01. The second kappa shape index (κ2) is 5.04. The van der Waals surface area contributed by atoms with Crippen LogP contribution in [0.5, 0.6) is 0 Å². The molecule has 3 N–H and O–H groups in total. The predicted octanol–water partition coefficient (Wildman–Crippen LogP) is -0.372. The summed E-state index contributed by atoms with van der Waals surface area (Å²) in [5.41, 5.74) is 0.205. The van der Waals surface area contributed by atoms with Crippen molar-refractivity contribution < 1.29 is 9.59 Å². The summed E-state index contributed by atoms with van der Waals surface area (Å²) in [7, 11) is 0. The number of hydrogen-bond acceptors (Lipinski definition) is 3. The summed E-state index contributed by atoms with van der Waals surface area (Å²) in [6.07, 6.45) is 2.52. The first-order valence-corrected chi connectivity index (χ1v) is 6.34. The van der Waals surface area contributed by atoms with E-state index < -0.39 is 0 Å². The van der Waals surface area contributed by atoms with Crippen molar-refractivity contribution in [2.75, 3.05) is 26.2 Å². The van der Waals surface area contributed by atoms with Gasteiger partial charge in [-0.2, -0.15) is 0 Å². The fourth-order valence-corrected chi connectivity index (χ4v) is 2.44. The van der Waals surface area contributed by atoms with Crippen molar-refractivity contribution in [3.05, 3.63) is 0 Å². The molecule has 0 saturated carbocycles. The molecule has 0 aliphatic carbocycles. The molecule has 2 amide bonds. The zero-order valence-corrected chi connectivity index (χ0v) is 10.3. The second-order valence-electron chi connectivity index (χ2n) is 5.48. The van der Waals surface area contributed by atoms with E-state index in [1.165, 1.54) is 0 Å². The lowest BCUT2D eigenvalue weighted by Crippen LogP contribution is -2.44. The molecule has 0 aromatic carbocycles. The summed E-state index contributed by atoms with van der Waals surface area (Å²) in [5.74, 6) is -0.172. The maximum absolute atomic E-state index is 11.9. The van der Waals surface area contributed by atoms with E-state index in [0.717, 1.165) is 32.5 Å². The van der Waals surface area contributed by atoms with E-state index in [9.17, 15) is 9.59 Å². The summed E-state index contributed by atoms with van der Waals surface area (Å²) < 4.78 is 0. The van der Waals surface area contributed by atoms with Crippen LogP contribution in [0, 0.1) is 11.3 Å². The minimum absolute atomic E-state index is 0.0155. The van der Waals surface area contributed by atoms with E-state index in [1.54, 1.807) is 0 Å². The number of piperidine rings is 1. The van der Waals surface area contributed by atoms with Crippen LogP contribution >= 0.6 is 0 Å². The third kappa shape index (κ3) is 3.19. The fourth-order valence-electron chi connectivity index (χ4n) is 2.44. The van der Waals surface area contributed by atoms with Gasteiger partial charge >= 0.3 is 0 Å². The number of amides is 2. The fraction of sp³-hybridized carbons (Fsp3) is 0.833. The van der Waals surface area contributed by atoms with Gasteiger partial charge in [0.1, 0.15) is 0 Å². The van der Waals surface area contributed by atoms with E-state index in [2.05, 4.69) is 22.9 Å². The van der Waals surface area contributed by atoms with Crippen molar-refractivity contribution in [3.8, 4) is 0 Å². The standard InChI is InChI=1S/C12H21N3O2/c1-12(2-4-13-5-3-12)8-15-11(17)9-6-10(16)14-7-9/h9,13H,2-8H2,1H3,(H,14,16)(H,15,17). The van der Waals surface area contributed by atoms with Gasteiger partial charge in [0, 0.05) is 19.5 Å². The quantitative estimate of drug-likeness (QED) is 0.629. The van der Waals surface area contributed by atoms with Crippen LogP contribution in [0.15, 0.2) is 0 Å². The molecule has 96 valence electrons. The molecule has 0 bridgehead atoms. The Kier molecular flexibility index (Phi) is 3.66. The molecular weight excluding hydrogens is 218 g/mol. The van der Waals surface area contributed by atoms with E-state index in [-0.39, 0.29) is 23.1 Å². The van der Waals surface area contributed by atoms with Gasteiger partial charge in [-0.3, -0.25) is 9.59 Å². The number of hydrogen-bond donors (Lipinski definition) is 3. The normalized spacial score (nSPS) is 27.6. The molecule has 0 aromatic rings. The Labute approximate surface area is 102 Å². The highest BCUT2D eigenvalue weighted by molar-refractivity contribution is 5.89. The van der Waals surface area contributed by atoms with Gasteiger partial charge in [-0.25, -0.2) is 0 Å². The van der Waals surface area contributed by atoms with E-state index in [1.807, 2.05) is 0 Å². The molecule has 0 radical (unpaired) electrons. The minimum atomic E-state index is -0.173. The SMILES string of the molecule is CC1(CNC(=O)C2CNC(=O)C2)CCNCC1. The summed E-state index contributed by atoms with van der Waals surface area (Å²) in [6.45, 7) is 5.47. The molecule has 2 heterocycles. The predicted molar refractivity (Wildman–Crippen MR) is 64.3 cm³/mol. The molecule has 2 saturated heterocycles. The zero-order chi connectivity index (χ0) is 12.3. The van der Waals surface area contributed by atoms with Gasteiger partial charge in [-0.05, 0) is 31.3 Å². The first-order chi connectivity index (χ1) is 8.09. The van der Waals surface area contributed by atoms with Gasteiger partial charge < -0.3 is 16.0 Å². The van der Waals surface area contributed by atoms with E-state index >= 15 is 0 Å². The van der Waals surface area contributed by atoms with Gasteiger partial charge in [-0.1, -0.05) is 6.92 Å². The molecule has 0 aromatic heterocycles. The monoisotopic (exact) mass is 239 g/mol. The van der Waals surface area contributed by atoms with Crippen LogP contribution in [0.25, 0.3) is 0 Å². The lowest BCUT2D eigenvalue weighted by atomic mass is 9.81. The van der Waals surface area contributed by atoms with Crippen LogP contribution in [0.4, 0.5) is 0 Å². The molecular formula is C12H21N3O2. The molecule has 2 rings (SSSR count). The molecule has 2 fully saturated rings. The first-order valence-electron chi connectivity index (χ1n) is 6.34. The maximum atomic E-state index is 11.9. The molecule has 1 unspecified atom stereocenters. The van der Waals surface area contributed by atoms with Gasteiger partial charge in [0.05, 0.1) is 5.92 Å². The number of rotatable bonds is 3. The Bertz CT molecular complexity index is 311. The third-order valence-electron chi connectivity index (χ3n) is 3.85. The topological polar surface area (TPSA) is 70.2 Å². The van der Waals surface area contributed by atoms with Crippen molar-refractivity contribution >= 4 is 11.8 Å². The largest absolute Gasteiger partial charge is 0.355 e. The zero-order valence-electron chi connectivity index (χ0n) is 10.3. The molecule has 5 nitrogen and oxygen atoms in total. The Balaban J connectivity index is 1.77. The lowest BCUT2D eigenvalue weighted by molar-refractivity contribution is -0.126. The highest BCUT2D eigenvalue weighted by Gasteiger charge is 2.31. The lowest BCUT2D eigenvalue weighted by Gasteiger charge is -2.34. The van der Waals surface area contributed by atoms with Crippen molar-refractivity contribution in [3.63, 3.8) is 0 Å². The molecule has 2 aliphatic heterocycles. The number of carbonyl (C=O) groups excluding carboxylic acids is 2. The van der Waals surface area contributed by atoms with Gasteiger partial charge in [0.2, 0.25) is 11.8 Å². The van der Waals surface area contributed by atoms with Crippen molar-refractivity contribution in [1.29, 1.82) is 0 Å². The molecule has 17 heavy (non-hydrogen) atoms.